The van der Waals surface area contributed by atoms with Crippen LogP contribution in [0, 0.1) is 0 Å². The van der Waals surface area contributed by atoms with Gasteiger partial charge in [0.2, 0.25) is 0 Å². The van der Waals surface area contributed by atoms with Crippen LogP contribution in [-0.2, 0) is 0 Å². The van der Waals surface area contributed by atoms with Gasteiger partial charge in [0.1, 0.15) is 23.0 Å². The topological polar surface area (TPSA) is 81.1 Å². The molecule has 4 aromatic rings. The molecule has 0 amide bonds. The van der Waals surface area contributed by atoms with Crippen LogP contribution in [0.5, 0.6) is 11.5 Å². The predicted molar refractivity (Wildman–Crippen MR) is 110 cm³/mol. The Kier molecular flexibility index (Phi) is 4.31. The Bertz CT molecular complexity index is 1140. The molecule has 3 heterocycles. The first-order valence-corrected chi connectivity index (χ1v) is 9.62. The largest absolute Gasteiger partial charge is 0.497 e. The number of fused-ring (bicyclic) bond motifs is 1. The van der Waals surface area contributed by atoms with Gasteiger partial charge in [-0.3, -0.25) is 0 Å². The molecule has 1 N–H and O–H groups in total. The number of anilines is 1. The van der Waals surface area contributed by atoms with Gasteiger partial charge in [-0.2, -0.15) is 10.2 Å². The minimum Gasteiger partial charge on any atom is -0.497 e. The molecule has 148 valence electrons. The first-order valence-electron chi connectivity index (χ1n) is 9.62. The summed E-state index contributed by atoms with van der Waals surface area (Å²) in [5, 5.41) is 8.65. The monoisotopic (exact) mass is 390 g/mol. The molecule has 2 aromatic heterocycles. The summed E-state index contributed by atoms with van der Waals surface area (Å²) in [5.74, 6) is 2.57. The molecule has 0 bridgehead atoms. The summed E-state index contributed by atoms with van der Waals surface area (Å²) in [6.07, 6.45) is 5.46. The molecule has 8 heteroatoms. The number of methoxy groups -OCH3 is 2. The summed E-state index contributed by atoms with van der Waals surface area (Å²) in [6, 6.07) is 12.0. The summed E-state index contributed by atoms with van der Waals surface area (Å²) in [5.41, 5.74) is 3.86. The standard InChI is InChI=1S/C21H22N6O2/c1-28-14-5-7-16-17(12-14)25-21(24-16)19-4-3-11-26(19)20-13-15(29-2)6-8-18(20)27-22-9-10-23-27/h5-10,12-13,19H,3-4,11H2,1-2H3,(H,24,25)/t19-/m0/s1. The fraction of sp³-hybridized carbons (Fsp3) is 0.286. The average Bonchev–Trinajstić information content (AvgIpc) is 3.52. The number of benzene rings is 2. The van der Waals surface area contributed by atoms with Crippen molar-refractivity contribution >= 4 is 16.7 Å². The SMILES string of the molecule is COc1ccc(-n2nccn2)c(N2CCC[C@H]2c2nc3ccc(OC)cc3[nH]2)c1. The highest BCUT2D eigenvalue weighted by atomic mass is 16.5. The van der Waals surface area contributed by atoms with Crippen LogP contribution < -0.4 is 14.4 Å². The summed E-state index contributed by atoms with van der Waals surface area (Å²) in [7, 11) is 3.35. The van der Waals surface area contributed by atoms with Crippen LogP contribution in [-0.4, -0.2) is 45.7 Å². The molecule has 1 saturated heterocycles. The average molecular weight is 390 g/mol. The van der Waals surface area contributed by atoms with E-state index in [9.17, 15) is 0 Å². The summed E-state index contributed by atoms with van der Waals surface area (Å²) < 4.78 is 10.8. The Morgan fingerprint density at radius 3 is 2.52 bits per heavy atom. The van der Waals surface area contributed by atoms with Gasteiger partial charge >= 0.3 is 0 Å². The van der Waals surface area contributed by atoms with Gasteiger partial charge in [-0.15, -0.1) is 4.80 Å². The maximum absolute atomic E-state index is 5.49. The van der Waals surface area contributed by atoms with Crippen LogP contribution in [0.1, 0.15) is 24.7 Å². The molecule has 1 fully saturated rings. The molecule has 29 heavy (non-hydrogen) atoms. The first kappa shape index (κ1) is 17.5. The van der Waals surface area contributed by atoms with Crippen LogP contribution in [0.3, 0.4) is 0 Å². The van der Waals surface area contributed by atoms with Crippen molar-refractivity contribution in [3.8, 4) is 17.2 Å². The van der Waals surface area contributed by atoms with Gasteiger partial charge < -0.3 is 19.4 Å². The highest BCUT2D eigenvalue weighted by Gasteiger charge is 2.31. The van der Waals surface area contributed by atoms with Crippen LogP contribution >= 0.6 is 0 Å². The second kappa shape index (κ2) is 7.12. The lowest BCUT2D eigenvalue weighted by atomic mass is 10.1. The molecule has 1 aliphatic rings. The lowest BCUT2D eigenvalue weighted by molar-refractivity contribution is 0.414. The summed E-state index contributed by atoms with van der Waals surface area (Å²) >= 11 is 0. The number of aromatic nitrogens is 5. The molecular formula is C21H22N6O2. The lowest BCUT2D eigenvalue weighted by Gasteiger charge is -2.27. The Morgan fingerprint density at radius 2 is 1.72 bits per heavy atom. The van der Waals surface area contributed by atoms with Gasteiger partial charge in [0.05, 0.1) is 49.4 Å². The molecule has 0 aliphatic carbocycles. The van der Waals surface area contributed by atoms with Gasteiger partial charge in [-0.05, 0) is 37.1 Å². The third-order valence-corrected chi connectivity index (χ3v) is 5.40. The van der Waals surface area contributed by atoms with Crippen molar-refractivity contribution in [1.29, 1.82) is 0 Å². The molecule has 8 nitrogen and oxygen atoms in total. The molecule has 0 saturated carbocycles. The number of aromatic amines is 1. The van der Waals surface area contributed by atoms with Gasteiger partial charge in [-0.25, -0.2) is 4.98 Å². The number of nitrogens with zero attached hydrogens (tertiary/aromatic N) is 5. The van der Waals surface area contributed by atoms with Crippen molar-refractivity contribution in [2.45, 2.75) is 18.9 Å². The Labute approximate surface area is 168 Å². The van der Waals surface area contributed by atoms with Crippen LogP contribution in [0.2, 0.25) is 0 Å². The van der Waals surface area contributed by atoms with E-state index in [4.69, 9.17) is 14.5 Å². The Balaban J connectivity index is 1.58. The highest BCUT2D eigenvalue weighted by Crippen LogP contribution is 2.40. The minimum absolute atomic E-state index is 0.134. The molecule has 5 rings (SSSR count). The highest BCUT2D eigenvalue weighted by molar-refractivity contribution is 5.77. The normalized spacial score (nSPS) is 16.5. The maximum Gasteiger partial charge on any atom is 0.130 e. The Morgan fingerprint density at radius 1 is 0.966 bits per heavy atom. The zero-order valence-electron chi connectivity index (χ0n) is 16.4. The molecular weight excluding hydrogens is 368 g/mol. The molecule has 1 atom stereocenters. The van der Waals surface area contributed by atoms with E-state index in [1.807, 2.05) is 36.4 Å². The fourth-order valence-electron chi connectivity index (χ4n) is 4.00. The molecule has 0 spiro atoms. The van der Waals surface area contributed by atoms with Gasteiger partial charge in [-0.1, -0.05) is 0 Å². The van der Waals surface area contributed by atoms with Gasteiger partial charge in [0.25, 0.3) is 0 Å². The van der Waals surface area contributed by atoms with Crippen LogP contribution in [0.4, 0.5) is 5.69 Å². The number of ether oxygens (including phenoxy) is 2. The quantitative estimate of drug-likeness (QED) is 0.562. The van der Waals surface area contributed by atoms with Gasteiger partial charge in [0.15, 0.2) is 0 Å². The summed E-state index contributed by atoms with van der Waals surface area (Å²) in [4.78, 5) is 12.4. The molecule has 1 aliphatic heterocycles. The number of hydrogen-bond donors (Lipinski definition) is 1. The third-order valence-electron chi connectivity index (χ3n) is 5.40. The smallest absolute Gasteiger partial charge is 0.130 e. The van der Waals surface area contributed by atoms with Crippen molar-refractivity contribution < 1.29 is 9.47 Å². The Hall–Kier alpha value is -3.55. The zero-order chi connectivity index (χ0) is 19.8. The predicted octanol–water partition coefficient (Wildman–Crippen LogP) is 3.50. The number of rotatable bonds is 5. The van der Waals surface area contributed by atoms with Crippen molar-refractivity contribution in [2.75, 3.05) is 25.7 Å². The lowest BCUT2D eigenvalue weighted by Crippen LogP contribution is -2.25. The van der Waals surface area contributed by atoms with E-state index in [-0.39, 0.29) is 6.04 Å². The second-order valence-corrected chi connectivity index (χ2v) is 7.03. The van der Waals surface area contributed by atoms with E-state index >= 15 is 0 Å². The first-order chi connectivity index (χ1) is 14.3. The summed E-state index contributed by atoms with van der Waals surface area (Å²) in [6.45, 7) is 0.923. The van der Waals surface area contributed by atoms with Crippen molar-refractivity contribution in [1.82, 2.24) is 25.0 Å². The minimum atomic E-state index is 0.134. The van der Waals surface area contributed by atoms with E-state index in [1.165, 1.54) is 0 Å². The molecule has 0 radical (unpaired) electrons. The number of hydrogen-bond acceptors (Lipinski definition) is 6. The van der Waals surface area contributed by atoms with E-state index in [0.717, 1.165) is 59.1 Å². The van der Waals surface area contributed by atoms with Gasteiger partial charge in [0, 0.05) is 18.7 Å². The van der Waals surface area contributed by atoms with E-state index < -0.39 is 0 Å². The maximum atomic E-state index is 5.49. The second-order valence-electron chi connectivity index (χ2n) is 7.03. The number of H-pyrrole nitrogens is 1. The molecule has 0 unspecified atom stereocenters. The van der Waals surface area contributed by atoms with E-state index in [0.29, 0.717) is 0 Å². The van der Waals surface area contributed by atoms with Crippen molar-refractivity contribution in [3.05, 3.63) is 54.6 Å². The van der Waals surface area contributed by atoms with Crippen LogP contribution in [0.25, 0.3) is 16.7 Å². The molecule has 2 aromatic carbocycles. The van der Waals surface area contributed by atoms with Crippen molar-refractivity contribution in [2.24, 2.45) is 0 Å². The number of nitrogens with one attached hydrogen (secondary N) is 1. The van der Waals surface area contributed by atoms with Crippen molar-refractivity contribution in [3.63, 3.8) is 0 Å². The zero-order valence-corrected chi connectivity index (χ0v) is 16.4. The van der Waals surface area contributed by atoms with E-state index in [2.05, 4.69) is 20.1 Å². The fourth-order valence-corrected chi connectivity index (χ4v) is 4.00. The number of imidazole rings is 1. The van der Waals surface area contributed by atoms with E-state index in [1.54, 1.807) is 31.4 Å². The van der Waals surface area contributed by atoms with Crippen LogP contribution in [0.15, 0.2) is 48.8 Å². The third kappa shape index (κ3) is 3.06.